The summed E-state index contributed by atoms with van der Waals surface area (Å²) in [6, 6.07) is 30.5. The van der Waals surface area contributed by atoms with Gasteiger partial charge in [-0.05, 0) is 66.6 Å². The Morgan fingerprint density at radius 2 is 1.55 bits per heavy atom. The molecule has 190 valence electrons. The molecule has 5 nitrogen and oxygen atoms in total. The Morgan fingerprint density at radius 3 is 2.32 bits per heavy atom. The molecule has 4 rings (SSSR count). The van der Waals surface area contributed by atoms with E-state index in [4.69, 9.17) is 11.6 Å². The molecular weight excluding hydrogens is 516 g/mol. The molecule has 4 aromatic carbocycles. The molecule has 0 spiro atoms. The maximum absolute atomic E-state index is 13.3. The Hall–Kier alpha value is -4.13. The van der Waals surface area contributed by atoms with Crippen molar-refractivity contribution in [2.45, 2.75) is 11.8 Å². The van der Waals surface area contributed by atoms with Gasteiger partial charge in [0.1, 0.15) is 5.70 Å². The highest BCUT2D eigenvalue weighted by atomic mass is 35.5. The predicted molar refractivity (Wildman–Crippen MR) is 155 cm³/mol. The van der Waals surface area contributed by atoms with Crippen LogP contribution < -0.4 is 10.6 Å². The van der Waals surface area contributed by atoms with Gasteiger partial charge in [-0.15, -0.1) is 11.8 Å². The van der Waals surface area contributed by atoms with Crippen LogP contribution in [-0.4, -0.2) is 23.4 Å². The fraction of sp³-hybridized carbons (Fsp3) is 0.0645. The number of Topliss-reactive ketones (excluding diaryl/α,β-unsaturated/α-hetero) is 1. The number of benzene rings is 4. The number of aryl methyl sites for hydroxylation is 1. The summed E-state index contributed by atoms with van der Waals surface area (Å²) in [5.74, 6) is -0.732. The zero-order chi connectivity index (χ0) is 26.9. The third-order valence-corrected chi connectivity index (χ3v) is 6.98. The van der Waals surface area contributed by atoms with Crippen molar-refractivity contribution in [1.82, 2.24) is 5.32 Å². The molecule has 0 aromatic heterocycles. The number of hydrogen-bond acceptors (Lipinski definition) is 4. The summed E-state index contributed by atoms with van der Waals surface area (Å²) < 4.78 is 0. The lowest BCUT2D eigenvalue weighted by atomic mass is 10.1. The fourth-order valence-electron chi connectivity index (χ4n) is 3.62. The van der Waals surface area contributed by atoms with Crippen molar-refractivity contribution in [3.05, 3.63) is 136 Å². The van der Waals surface area contributed by atoms with E-state index in [0.717, 1.165) is 16.0 Å². The maximum Gasteiger partial charge on any atom is 0.272 e. The van der Waals surface area contributed by atoms with Crippen molar-refractivity contribution >= 4 is 52.7 Å². The number of thioether (sulfide) groups is 1. The lowest BCUT2D eigenvalue weighted by molar-refractivity contribution is -0.113. The smallest absolute Gasteiger partial charge is 0.272 e. The molecular formula is C31H25ClN2O3S. The van der Waals surface area contributed by atoms with E-state index in [1.54, 1.807) is 72.8 Å². The van der Waals surface area contributed by atoms with Gasteiger partial charge in [0.25, 0.3) is 11.8 Å². The van der Waals surface area contributed by atoms with Crippen LogP contribution in [0, 0.1) is 6.92 Å². The number of hydrogen-bond donors (Lipinski definition) is 2. The van der Waals surface area contributed by atoms with Crippen LogP contribution in [-0.2, 0) is 4.79 Å². The van der Waals surface area contributed by atoms with Crippen LogP contribution in [0.25, 0.3) is 6.08 Å². The van der Waals surface area contributed by atoms with Crippen LogP contribution in [0.1, 0.15) is 31.8 Å². The van der Waals surface area contributed by atoms with E-state index < -0.39 is 5.91 Å². The Kier molecular flexibility index (Phi) is 9.14. The fourth-order valence-corrected chi connectivity index (χ4v) is 4.70. The first-order valence-electron chi connectivity index (χ1n) is 11.9. The molecule has 0 aliphatic carbocycles. The van der Waals surface area contributed by atoms with Gasteiger partial charge in [-0.25, -0.2) is 0 Å². The van der Waals surface area contributed by atoms with E-state index in [1.807, 2.05) is 43.3 Å². The van der Waals surface area contributed by atoms with Gasteiger partial charge in [-0.3, -0.25) is 14.4 Å². The summed E-state index contributed by atoms with van der Waals surface area (Å²) in [7, 11) is 0. The number of carbonyl (C=O) groups is 3. The van der Waals surface area contributed by atoms with Crippen molar-refractivity contribution in [3.8, 4) is 0 Å². The number of rotatable bonds is 9. The lowest BCUT2D eigenvalue weighted by Gasteiger charge is -2.13. The molecule has 2 amide bonds. The number of nitrogens with one attached hydrogen (secondary N) is 2. The number of halogens is 1. The molecule has 0 fully saturated rings. The minimum Gasteiger partial charge on any atom is -0.321 e. The first-order valence-corrected chi connectivity index (χ1v) is 13.2. The minimum absolute atomic E-state index is 0.0814. The second-order valence-electron chi connectivity index (χ2n) is 8.41. The Morgan fingerprint density at radius 1 is 0.842 bits per heavy atom. The molecule has 7 heteroatoms. The Labute approximate surface area is 230 Å². The third-order valence-electron chi connectivity index (χ3n) is 5.65. The topological polar surface area (TPSA) is 75.3 Å². The average molecular weight is 541 g/mol. The predicted octanol–water partition coefficient (Wildman–Crippen LogP) is 7.03. The van der Waals surface area contributed by atoms with Gasteiger partial charge in [0.05, 0.1) is 10.8 Å². The molecule has 0 aliphatic heterocycles. The van der Waals surface area contributed by atoms with Crippen molar-refractivity contribution in [3.63, 3.8) is 0 Å². The quantitative estimate of drug-likeness (QED) is 0.136. The van der Waals surface area contributed by atoms with Gasteiger partial charge in [0.2, 0.25) is 0 Å². The van der Waals surface area contributed by atoms with Crippen LogP contribution in [0.3, 0.4) is 0 Å². The normalized spacial score (nSPS) is 11.1. The van der Waals surface area contributed by atoms with E-state index in [1.165, 1.54) is 11.8 Å². The highest BCUT2D eigenvalue weighted by Gasteiger charge is 2.16. The molecule has 4 aromatic rings. The van der Waals surface area contributed by atoms with Crippen LogP contribution in [0.2, 0.25) is 5.02 Å². The molecule has 0 unspecified atom stereocenters. The van der Waals surface area contributed by atoms with Crippen LogP contribution in [0.5, 0.6) is 0 Å². The maximum atomic E-state index is 13.3. The zero-order valence-corrected chi connectivity index (χ0v) is 22.2. The van der Waals surface area contributed by atoms with E-state index in [9.17, 15) is 14.4 Å². The number of anilines is 1. The van der Waals surface area contributed by atoms with E-state index in [2.05, 4.69) is 10.6 Å². The molecule has 2 N–H and O–H groups in total. The van der Waals surface area contributed by atoms with Crippen molar-refractivity contribution in [2.24, 2.45) is 0 Å². The van der Waals surface area contributed by atoms with Crippen molar-refractivity contribution in [2.75, 3.05) is 11.1 Å². The van der Waals surface area contributed by atoms with Crippen molar-refractivity contribution in [1.29, 1.82) is 0 Å². The van der Waals surface area contributed by atoms with Gasteiger partial charge < -0.3 is 10.6 Å². The minimum atomic E-state index is -0.466. The standard InChI is InChI=1S/C31H25ClN2O3S/c1-21-10-5-6-13-23(21)18-28(34-30(36)22-11-3-2-4-12-22)31(37)33-24-14-9-15-25(19-24)38-20-29(35)26-16-7-8-17-27(26)32/h2-19H,20H2,1H3,(H,33,37)(H,34,36)/b28-18-. The first-order chi connectivity index (χ1) is 18.4. The van der Waals surface area contributed by atoms with Crippen LogP contribution >= 0.6 is 23.4 Å². The lowest BCUT2D eigenvalue weighted by Crippen LogP contribution is -2.30. The molecule has 0 bridgehead atoms. The van der Waals surface area contributed by atoms with Crippen LogP contribution in [0.4, 0.5) is 5.69 Å². The monoisotopic (exact) mass is 540 g/mol. The first kappa shape index (κ1) is 26.9. The summed E-state index contributed by atoms with van der Waals surface area (Å²) in [6.45, 7) is 1.94. The van der Waals surface area contributed by atoms with Gasteiger partial charge in [-0.1, -0.05) is 72.3 Å². The largest absolute Gasteiger partial charge is 0.321 e. The molecule has 0 heterocycles. The third kappa shape index (κ3) is 7.22. The summed E-state index contributed by atoms with van der Waals surface area (Å²) in [5, 5.41) is 6.04. The summed E-state index contributed by atoms with van der Waals surface area (Å²) in [5.41, 5.74) is 3.35. The number of ketones is 1. The van der Waals surface area contributed by atoms with E-state index in [0.29, 0.717) is 21.8 Å². The Bertz CT molecular complexity index is 1500. The summed E-state index contributed by atoms with van der Waals surface area (Å²) in [4.78, 5) is 39.6. The highest BCUT2D eigenvalue weighted by Crippen LogP contribution is 2.25. The molecule has 0 aliphatic rings. The highest BCUT2D eigenvalue weighted by molar-refractivity contribution is 8.00. The van der Waals surface area contributed by atoms with Crippen molar-refractivity contribution < 1.29 is 14.4 Å². The molecule has 0 saturated heterocycles. The SMILES string of the molecule is Cc1ccccc1/C=C(\NC(=O)c1ccccc1)C(=O)Nc1cccc(SCC(=O)c2ccccc2Cl)c1. The zero-order valence-electron chi connectivity index (χ0n) is 20.6. The molecule has 0 saturated carbocycles. The van der Waals surface area contributed by atoms with Crippen LogP contribution in [0.15, 0.2) is 114 Å². The summed E-state index contributed by atoms with van der Waals surface area (Å²) in [6.07, 6.45) is 1.66. The van der Waals surface area contributed by atoms with Gasteiger partial charge in [0, 0.05) is 21.7 Å². The molecule has 0 atom stereocenters. The Balaban J connectivity index is 1.50. The van der Waals surface area contributed by atoms with E-state index in [-0.39, 0.29) is 23.1 Å². The van der Waals surface area contributed by atoms with Gasteiger partial charge >= 0.3 is 0 Å². The number of amides is 2. The van der Waals surface area contributed by atoms with E-state index >= 15 is 0 Å². The second kappa shape index (κ2) is 12.9. The summed E-state index contributed by atoms with van der Waals surface area (Å²) >= 11 is 7.49. The number of carbonyl (C=O) groups excluding carboxylic acids is 3. The molecule has 38 heavy (non-hydrogen) atoms. The van der Waals surface area contributed by atoms with Gasteiger partial charge in [-0.2, -0.15) is 0 Å². The second-order valence-corrected chi connectivity index (χ2v) is 9.86. The molecule has 0 radical (unpaired) electrons. The average Bonchev–Trinajstić information content (AvgIpc) is 2.93. The van der Waals surface area contributed by atoms with Gasteiger partial charge in [0.15, 0.2) is 5.78 Å².